The van der Waals surface area contributed by atoms with E-state index < -0.39 is 41.3 Å². The zero-order valence-corrected chi connectivity index (χ0v) is 22.7. The second-order valence-electron chi connectivity index (χ2n) is 10.2. The highest BCUT2D eigenvalue weighted by atomic mass is 19.4. The highest BCUT2D eigenvalue weighted by Crippen LogP contribution is 2.37. The molecule has 0 spiro atoms. The fourth-order valence-electron chi connectivity index (χ4n) is 5.41. The summed E-state index contributed by atoms with van der Waals surface area (Å²) < 4.78 is 85.1. The second-order valence-corrected chi connectivity index (χ2v) is 10.2. The van der Waals surface area contributed by atoms with Crippen LogP contribution in [-0.2, 0) is 19.3 Å². The van der Waals surface area contributed by atoms with Gasteiger partial charge in [0, 0.05) is 55.0 Å². The van der Waals surface area contributed by atoms with Crippen molar-refractivity contribution in [3.63, 3.8) is 0 Å². The van der Waals surface area contributed by atoms with Crippen LogP contribution in [0.1, 0.15) is 46.1 Å². The molecule has 0 unspecified atom stereocenters. The highest BCUT2D eigenvalue weighted by molar-refractivity contribution is 6.00. The zero-order valence-electron chi connectivity index (χ0n) is 22.7. The summed E-state index contributed by atoms with van der Waals surface area (Å²) in [5.74, 6) is -3.89. The lowest BCUT2D eigenvalue weighted by molar-refractivity contribution is -0.143. The number of aliphatic hydroxyl groups is 1. The van der Waals surface area contributed by atoms with Crippen molar-refractivity contribution in [2.24, 2.45) is 0 Å². The number of carbonyl (C=O) groups excluding carboxylic acids is 1. The van der Waals surface area contributed by atoms with Crippen LogP contribution in [0.4, 0.5) is 26.3 Å². The number of piperazine rings is 1. The first kappa shape index (κ1) is 29.5. The van der Waals surface area contributed by atoms with Gasteiger partial charge in [-0.25, -0.2) is 22.7 Å². The van der Waals surface area contributed by atoms with E-state index >= 15 is 0 Å². The minimum Gasteiger partial charge on any atom is -0.392 e. The Balaban J connectivity index is 1.49. The first-order chi connectivity index (χ1) is 19.9. The van der Waals surface area contributed by atoms with Crippen molar-refractivity contribution in [1.82, 2.24) is 24.4 Å². The van der Waals surface area contributed by atoms with Gasteiger partial charge in [-0.05, 0) is 25.0 Å². The second kappa shape index (κ2) is 11.4. The average Bonchev–Trinajstić information content (AvgIpc) is 3.37. The van der Waals surface area contributed by atoms with E-state index in [0.29, 0.717) is 28.1 Å². The number of aromatic nitrogens is 3. The number of hydrogen-bond acceptors (Lipinski definition) is 5. The SMILES string of the molecule is CC[C@@H]1CN(Cc2cc(F)cc(F)c2F)CCN1C(=O)c1cnn2c(C(F)(F)F)c(C)c(-c3ccc(CO)cc3)nc12. The summed E-state index contributed by atoms with van der Waals surface area (Å²) in [4.78, 5) is 21.5. The summed E-state index contributed by atoms with van der Waals surface area (Å²) in [6, 6.07) is 7.23. The molecule has 1 N–H and O–H groups in total. The van der Waals surface area contributed by atoms with Crippen molar-refractivity contribution >= 4 is 11.6 Å². The summed E-state index contributed by atoms with van der Waals surface area (Å²) >= 11 is 0. The van der Waals surface area contributed by atoms with E-state index in [-0.39, 0.29) is 60.8 Å². The maximum absolute atomic E-state index is 14.3. The molecule has 13 heteroatoms. The minimum absolute atomic E-state index is 0.0232. The summed E-state index contributed by atoms with van der Waals surface area (Å²) in [5.41, 5.74) is -0.780. The predicted molar refractivity (Wildman–Crippen MR) is 141 cm³/mol. The molecule has 1 fully saturated rings. The van der Waals surface area contributed by atoms with E-state index in [0.717, 1.165) is 12.3 Å². The zero-order chi connectivity index (χ0) is 30.3. The number of hydrogen-bond donors (Lipinski definition) is 1. The summed E-state index contributed by atoms with van der Waals surface area (Å²) in [7, 11) is 0. The topological polar surface area (TPSA) is 74.0 Å². The normalized spacial score (nSPS) is 16.4. The molecule has 2 aromatic heterocycles. The average molecular weight is 592 g/mol. The smallest absolute Gasteiger partial charge is 0.392 e. The number of nitrogens with zero attached hydrogens (tertiary/aromatic N) is 5. The molecular formula is C29H27F6N5O2. The van der Waals surface area contributed by atoms with Crippen LogP contribution in [0.3, 0.4) is 0 Å². The molecule has 2 aromatic carbocycles. The fourth-order valence-corrected chi connectivity index (χ4v) is 5.41. The predicted octanol–water partition coefficient (Wildman–Crippen LogP) is 5.37. The number of halogens is 6. The number of benzene rings is 2. The maximum Gasteiger partial charge on any atom is 0.433 e. The standard InChI is InChI=1S/C29H27F6N5O2/c1-3-21-14-38(13-19-10-20(30)11-23(31)24(19)32)8-9-39(21)28(42)22-12-36-40-26(29(33,34)35)16(2)25(37-27(22)40)18-6-4-17(15-41)5-7-18/h4-7,10-12,21,41H,3,8-9,13-15H2,1-2H3/t21-/m1/s1. The molecule has 4 aromatic rings. The molecule has 1 saturated heterocycles. The number of aliphatic hydroxyl groups excluding tert-OH is 1. The number of alkyl halides is 3. The van der Waals surface area contributed by atoms with Crippen molar-refractivity contribution < 1.29 is 36.2 Å². The molecule has 0 aliphatic carbocycles. The molecular weight excluding hydrogens is 564 g/mol. The van der Waals surface area contributed by atoms with Gasteiger partial charge in [0.15, 0.2) is 23.0 Å². The molecule has 222 valence electrons. The van der Waals surface area contributed by atoms with E-state index in [1.807, 2.05) is 6.92 Å². The quantitative estimate of drug-likeness (QED) is 0.241. The Kier molecular flexibility index (Phi) is 7.99. The van der Waals surface area contributed by atoms with Crippen LogP contribution in [0, 0.1) is 24.4 Å². The summed E-state index contributed by atoms with van der Waals surface area (Å²) in [6.45, 7) is 3.42. The Morgan fingerprint density at radius 2 is 1.81 bits per heavy atom. The van der Waals surface area contributed by atoms with Crippen LogP contribution in [-0.4, -0.2) is 61.1 Å². The van der Waals surface area contributed by atoms with Gasteiger partial charge in [0.25, 0.3) is 5.91 Å². The molecule has 1 aliphatic rings. The molecule has 5 rings (SSSR count). The lowest BCUT2D eigenvalue weighted by Gasteiger charge is -2.41. The molecule has 7 nitrogen and oxygen atoms in total. The van der Waals surface area contributed by atoms with Gasteiger partial charge in [0.05, 0.1) is 18.5 Å². The molecule has 1 amide bonds. The Hall–Kier alpha value is -3.97. The molecule has 42 heavy (non-hydrogen) atoms. The van der Waals surface area contributed by atoms with Crippen molar-refractivity contribution in [1.29, 1.82) is 0 Å². The van der Waals surface area contributed by atoms with Gasteiger partial charge in [-0.1, -0.05) is 31.2 Å². The van der Waals surface area contributed by atoms with Gasteiger partial charge < -0.3 is 10.0 Å². The van der Waals surface area contributed by atoms with E-state index in [1.54, 1.807) is 29.2 Å². The molecule has 0 saturated carbocycles. The largest absolute Gasteiger partial charge is 0.433 e. The first-order valence-electron chi connectivity index (χ1n) is 13.2. The molecule has 0 radical (unpaired) electrons. The lowest BCUT2D eigenvalue weighted by Crippen LogP contribution is -2.54. The first-order valence-corrected chi connectivity index (χ1v) is 13.2. The minimum atomic E-state index is -4.80. The maximum atomic E-state index is 14.3. The highest BCUT2D eigenvalue weighted by Gasteiger charge is 2.39. The van der Waals surface area contributed by atoms with Gasteiger partial charge >= 0.3 is 6.18 Å². The van der Waals surface area contributed by atoms with Gasteiger partial charge in [-0.3, -0.25) is 9.69 Å². The molecule has 0 bridgehead atoms. The van der Waals surface area contributed by atoms with Crippen LogP contribution >= 0.6 is 0 Å². The number of fused-ring (bicyclic) bond motifs is 1. The van der Waals surface area contributed by atoms with E-state index in [1.165, 1.54) is 11.8 Å². The monoisotopic (exact) mass is 591 g/mol. The molecule has 3 heterocycles. The third-order valence-corrected chi connectivity index (χ3v) is 7.55. The Labute approximate surface area is 237 Å². The number of rotatable bonds is 6. The Morgan fingerprint density at radius 1 is 1.10 bits per heavy atom. The van der Waals surface area contributed by atoms with Crippen LogP contribution < -0.4 is 0 Å². The third-order valence-electron chi connectivity index (χ3n) is 7.55. The number of amides is 1. The van der Waals surface area contributed by atoms with Gasteiger partial charge in [-0.2, -0.15) is 18.3 Å². The van der Waals surface area contributed by atoms with E-state index in [2.05, 4.69) is 10.1 Å². The van der Waals surface area contributed by atoms with E-state index in [9.17, 15) is 36.2 Å². The van der Waals surface area contributed by atoms with Crippen molar-refractivity contribution in [3.8, 4) is 11.3 Å². The molecule has 1 atom stereocenters. The summed E-state index contributed by atoms with van der Waals surface area (Å²) in [5, 5.41) is 13.2. The van der Waals surface area contributed by atoms with Crippen LogP contribution in [0.2, 0.25) is 0 Å². The molecule has 1 aliphatic heterocycles. The lowest BCUT2D eigenvalue weighted by atomic mass is 10.0. The van der Waals surface area contributed by atoms with Crippen LogP contribution in [0.15, 0.2) is 42.6 Å². The number of carbonyl (C=O) groups is 1. The van der Waals surface area contributed by atoms with Gasteiger partial charge in [0.2, 0.25) is 0 Å². The van der Waals surface area contributed by atoms with Crippen molar-refractivity contribution in [2.45, 2.75) is 45.6 Å². The van der Waals surface area contributed by atoms with Gasteiger partial charge in [0.1, 0.15) is 11.4 Å². The third kappa shape index (κ3) is 5.45. The van der Waals surface area contributed by atoms with Gasteiger partial charge in [-0.15, -0.1) is 0 Å². The van der Waals surface area contributed by atoms with Crippen LogP contribution in [0.25, 0.3) is 16.9 Å². The fraction of sp³-hybridized carbons (Fsp3) is 0.345. The summed E-state index contributed by atoms with van der Waals surface area (Å²) in [6.07, 6.45) is -3.27. The van der Waals surface area contributed by atoms with E-state index in [4.69, 9.17) is 0 Å². The van der Waals surface area contributed by atoms with Crippen molar-refractivity contribution in [2.75, 3.05) is 19.6 Å². The van der Waals surface area contributed by atoms with Crippen LogP contribution in [0.5, 0.6) is 0 Å². The Morgan fingerprint density at radius 3 is 2.45 bits per heavy atom. The van der Waals surface area contributed by atoms with Crippen molar-refractivity contribution in [3.05, 3.63) is 88.0 Å². The Bertz CT molecular complexity index is 1640.